The number of nitrogens with zero attached hydrogens (tertiary/aromatic N) is 4. The Morgan fingerprint density at radius 2 is 2.13 bits per heavy atom. The molecule has 8 heteroatoms. The van der Waals surface area contributed by atoms with Crippen molar-refractivity contribution < 1.29 is 9.59 Å². The van der Waals surface area contributed by atoms with Crippen molar-refractivity contribution in [2.24, 2.45) is 0 Å². The molecule has 4 rings (SSSR count). The Hall–Kier alpha value is -2.64. The molecule has 2 aromatic rings. The summed E-state index contributed by atoms with van der Waals surface area (Å²) in [7, 11) is 0. The molecule has 120 valence electrons. The number of nitrogens with one attached hydrogen (secondary N) is 2. The molecule has 2 aliphatic rings. The Bertz CT molecular complexity index is 800. The number of aromatic nitrogens is 3. The van der Waals surface area contributed by atoms with Crippen molar-refractivity contribution in [3.63, 3.8) is 0 Å². The molecule has 0 saturated carbocycles. The van der Waals surface area contributed by atoms with E-state index in [1.165, 1.54) is 11.2 Å². The molecule has 2 aromatic heterocycles. The first kappa shape index (κ1) is 14.0. The van der Waals surface area contributed by atoms with Crippen molar-refractivity contribution in [3.8, 4) is 0 Å². The predicted octanol–water partition coefficient (Wildman–Crippen LogP) is 0.867. The van der Waals surface area contributed by atoms with Crippen LogP contribution in [0.3, 0.4) is 0 Å². The molecule has 23 heavy (non-hydrogen) atoms. The monoisotopic (exact) mass is 314 g/mol. The maximum Gasteiger partial charge on any atom is 0.325 e. The molecule has 2 saturated heterocycles. The second-order valence-electron chi connectivity index (χ2n) is 6.39. The van der Waals surface area contributed by atoms with E-state index in [2.05, 4.69) is 20.3 Å². The standard InChI is InChI=1S/C15H18N6O2/c1-9(2)21-13(22)15(19-14(21)23)4-6-20(7-15)12-10-3-5-16-11(10)17-8-18-12/h3,5,8-9H,4,6-7H2,1-2H3,(H,19,23)(H,16,17,18). The van der Waals surface area contributed by atoms with Crippen molar-refractivity contribution in [3.05, 3.63) is 18.6 Å². The third kappa shape index (κ3) is 1.90. The Balaban J connectivity index is 1.66. The van der Waals surface area contributed by atoms with Crippen LogP contribution in [0.2, 0.25) is 0 Å². The number of anilines is 1. The molecular weight excluding hydrogens is 296 g/mol. The second kappa shape index (κ2) is 4.68. The first-order valence-electron chi connectivity index (χ1n) is 7.71. The smallest absolute Gasteiger partial charge is 0.325 e. The lowest BCUT2D eigenvalue weighted by Gasteiger charge is -2.23. The van der Waals surface area contributed by atoms with Crippen LogP contribution in [-0.4, -0.2) is 56.5 Å². The zero-order chi connectivity index (χ0) is 16.2. The molecule has 3 amide bonds. The van der Waals surface area contributed by atoms with Crippen LogP contribution in [0.4, 0.5) is 10.6 Å². The van der Waals surface area contributed by atoms with Crippen LogP contribution in [0, 0.1) is 0 Å². The Labute approximate surface area is 132 Å². The molecule has 1 unspecified atom stereocenters. The van der Waals surface area contributed by atoms with Crippen molar-refractivity contribution in [2.75, 3.05) is 18.0 Å². The van der Waals surface area contributed by atoms with E-state index in [0.717, 1.165) is 16.9 Å². The highest BCUT2D eigenvalue weighted by molar-refractivity contribution is 6.08. The number of fused-ring (bicyclic) bond motifs is 1. The fourth-order valence-corrected chi connectivity index (χ4v) is 3.49. The normalized spacial score (nSPS) is 24.5. The molecule has 2 fully saturated rings. The molecule has 8 nitrogen and oxygen atoms in total. The van der Waals surface area contributed by atoms with Crippen molar-refractivity contribution >= 4 is 28.8 Å². The number of carbonyl (C=O) groups is 2. The molecule has 2 aliphatic heterocycles. The summed E-state index contributed by atoms with van der Waals surface area (Å²) in [5.41, 5.74) is -0.0730. The third-order valence-corrected chi connectivity index (χ3v) is 4.61. The fourth-order valence-electron chi connectivity index (χ4n) is 3.49. The number of carbonyl (C=O) groups excluding carboxylic acids is 2. The van der Waals surface area contributed by atoms with Crippen LogP contribution in [0.15, 0.2) is 18.6 Å². The van der Waals surface area contributed by atoms with Crippen molar-refractivity contribution in [1.29, 1.82) is 0 Å². The summed E-state index contributed by atoms with van der Waals surface area (Å²) < 4.78 is 0. The molecule has 0 aliphatic carbocycles. The van der Waals surface area contributed by atoms with Gasteiger partial charge in [0.1, 0.15) is 23.3 Å². The van der Waals surface area contributed by atoms with Crippen LogP contribution in [0.5, 0.6) is 0 Å². The Kier molecular flexibility index (Phi) is 2.84. The van der Waals surface area contributed by atoms with Gasteiger partial charge in [-0.3, -0.25) is 9.69 Å². The zero-order valence-corrected chi connectivity index (χ0v) is 13.0. The van der Waals surface area contributed by atoms with Gasteiger partial charge in [0.25, 0.3) is 5.91 Å². The van der Waals surface area contributed by atoms with Gasteiger partial charge in [-0.15, -0.1) is 0 Å². The lowest BCUT2D eigenvalue weighted by molar-refractivity contribution is -0.131. The summed E-state index contributed by atoms with van der Waals surface area (Å²) in [6.07, 6.45) is 3.91. The first-order chi connectivity index (χ1) is 11.0. The van der Waals surface area contributed by atoms with Gasteiger partial charge in [0.15, 0.2) is 0 Å². The summed E-state index contributed by atoms with van der Waals surface area (Å²) in [5, 5.41) is 3.82. The molecule has 0 bridgehead atoms. The fraction of sp³-hybridized carbons (Fsp3) is 0.467. The minimum atomic E-state index is -0.838. The summed E-state index contributed by atoms with van der Waals surface area (Å²) in [6, 6.07) is 1.47. The van der Waals surface area contributed by atoms with Gasteiger partial charge in [0.05, 0.1) is 11.9 Å². The van der Waals surface area contributed by atoms with Crippen molar-refractivity contribution in [2.45, 2.75) is 31.8 Å². The lowest BCUT2D eigenvalue weighted by atomic mass is 9.98. The minimum absolute atomic E-state index is 0.139. The minimum Gasteiger partial charge on any atom is -0.353 e. The molecule has 1 atom stereocenters. The Morgan fingerprint density at radius 3 is 2.87 bits per heavy atom. The van der Waals surface area contributed by atoms with Gasteiger partial charge in [-0.25, -0.2) is 14.8 Å². The van der Waals surface area contributed by atoms with E-state index in [4.69, 9.17) is 0 Å². The van der Waals surface area contributed by atoms with Crippen LogP contribution in [0.1, 0.15) is 20.3 Å². The van der Waals surface area contributed by atoms with Gasteiger partial charge in [-0.05, 0) is 26.3 Å². The van der Waals surface area contributed by atoms with E-state index in [1.54, 1.807) is 0 Å². The number of rotatable bonds is 2. The number of hydrogen-bond donors (Lipinski definition) is 2. The van der Waals surface area contributed by atoms with E-state index < -0.39 is 5.54 Å². The highest BCUT2D eigenvalue weighted by Crippen LogP contribution is 2.33. The number of urea groups is 1. The van der Waals surface area contributed by atoms with Gasteiger partial charge in [0, 0.05) is 18.8 Å². The first-order valence-corrected chi connectivity index (χ1v) is 7.71. The maximum atomic E-state index is 12.7. The molecule has 0 aromatic carbocycles. The molecular formula is C15H18N6O2. The zero-order valence-electron chi connectivity index (χ0n) is 13.0. The molecule has 0 radical (unpaired) electrons. The summed E-state index contributed by atoms with van der Waals surface area (Å²) in [4.78, 5) is 39.9. The van der Waals surface area contributed by atoms with Crippen molar-refractivity contribution in [1.82, 2.24) is 25.2 Å². The average molecular weight is 314 g/mol. The third-order valence-electron chi connectivity index (χ3n) is 4.61. The summed E-state index contributed by atoms with van der Waals surface area (Å²) >= 11 is 0. The van der Waals surface area contributed by atoms with E-state index in [0.29, 0.717) is 19.5 Å². The molecule has 1 spiro atoms. The van der Waals surface area contributed by atoms with Gasteiger partial charge < -0.3 is 15.2 Å². The van der Waals surface area contributed by atoms with E-state index in [1.807, 2.05) is 31.0 Å². The van der Waals surface area contributed by atoms with Gasteiger partial charge in [-0.2, -0.15) is 0 Å². The SMILES string of the molecule is CC(C)N1C(=O)NC2(CCN(c3ncnc4[nH]ccc34)C2)C1=O. The van der Waals surface area contributed by atoms with E-state index in [-0.39, 0.29) is 18.0 Å². The quantitative estimate of drug-likeness (QED) is 0.802. The van der Waals surface area contributed by atoms with Crippen LogP contribution >= 0.6 is 0 Å². The summed E-state index contributed by atoms with van der Waals surface area (Å²) in [5.74, 6) is 0.650. The van der Waals surface area contributed by atoms with Crippen LogP contribution in [-0.2, 0) is 4.79 Å². The number of amides is 3. The molecule has 2 N–H and O–H groups in total. The second-order valence-corrected chi connectivity index (χ2v) is 6.39. The number of H-pyrrole nitrogens is 1. The predicted molar refractivity (Wildman–Crippen MR) is 84.0 cm³/mol. The van der Waals surface area contributed by atoms with E-state index >= 15 is 0 Å². The maximum absolute atomic E-state index is 12.7. The molecule has 4 heterocycles. The van der Waals surface area contributed by atoms with Gasteiger partial charge in [0.2, 0.25) is 0 Å². The van der Waals surface area contributed by atoms with Crippen LogP contribution in [0.25, 0.3) is 11.0 Å². The summed E-state index contributed by atoms with van der Waals surface area (Å²) in [6.45, 7) is 4.78. The van der Waals surface area contributed by atoms with Gasteiger partial charge in [-0.1, -0.05) is 0 Å². The highest BCUT2D eigenvalue weighted by Gasteiger charge is 2.55. The Morgan fingerprint density at radius 1 is 1.30 bits per heavy atom. The van der Waals surface area contributed by atoms with Crippen LogP contribution < -0.4 is 10.2 Å². The largest absolute Gasteiger partial charge is 0.353 e. The van der Waals surface area contributed by atoms with E-state index in [9.17, 15) is 9.59 Å². The average Bonchev–Trinajstić information content (AvgIpc) is 3.18. The number of hydrogen-bond acceptors (Lipinski definition) is 5. The van der Waals surface area contributed by atoms with Gasteiger partial charge >= 0.3 is 6.03 Å². The topological polar surface area (TPSA) is 94.2 Å². The lowest BCUT2D eigenvalue weighted by Crippen LogP contribution is -2.49. The highest BCUT2D eigenvalue weighted by atomic mass is 16.2. The number of aromatic amines is 1. The number of imide groups is 1.